The van der Waals surface area contributed by atoms with Crippen molar-refractivity contribution in [2.24, 2.45) is 0 Å². The lowest BCUT2D eigenvalue weighted by molar-refractivity contribution is -0.133. The average molecular weight is 473 g/mol. The summed E-state index contributed by atoms with van der Waals surface area (Å²) in [6, 6.07) is 24.0. The standard InChI is InChI=1S/C27H25ClN4O2/c1-19-9-10-23(28)25(17-19)34-18-27(33)32-15-13-31(14-16-32)26-12-11-24(29-30-26)22-8-4-6-20-5-2-3-7-21(20)22/h2-12,17H,13-16,18H2,1H3. The molecule has 5 rings (SSSR count). The van der Waals surface area contributed by atoms with E-state index in [-0.39, 0.29) is 12.5 Å². The van der Waals surface area contributed by atoms with Crippen molar-refractivity contribution in [2.45, 2.75) is 6.92 Å². The number of hydrogen-bond acceptors (Lipinski definition) is 5. The van der Waals surface area contributed by atoms with Crippen LogP contribution in [0, 0.1) is 6.92 Å². The molecule has 1 fully saturated rings. The first kappa shape index (κ1) is 22.2. The molecule has 34 heavy (non-hydrogen) atoms. The first-order valence-corrected chi connectivity index (χ1v) is 11.7. The second kappa shape index (κ2) is 9.69. The Morgan fingerprint density at radius 2 is 1.74 bits per heavy atom. The summed E-state index contributed by atoms with van der Waals surface area (Å²) >= 11 is 6.16. The van der Waals surface area contributed by atoms with Crippen molar-refractivity contribution in [3.8, 4) is 17.0 Å². The molecule has 172 valence electrons. The topological polar surface area (TPSA) is 58.6 Å². The Morgan fingerprint density at radius 3 is 2.53 bits per heavy atom. The minimum atomic E-state index is -0.0467. The number of carbonyl (C=O) groups excluding carboxylic acids is 1. The largest absolute Gasteiger partial charge is 0.482 e. The van der Waals surface area contributed by atoms with E-state index in [4.69, 9.17) is 16.3 Å². The Kier molecular flexibility index (Phi) is 6.32. The van der Waals surface area contributed by atoms with E-state index in [2.05, 4.69) is 39.4 Å². The highest BCUT2D eigenvalue weighted by molar-refractivity contribution is 6.32. The summed E-state index contributed by atoms with van der Waals surface area (Å²) in [6.07, 6.45) is 0. The normalized spacial score (nSPS) is 13.8. The lowest BCUT2D eigenvalue weighted by atomic mass is 10.0. The predicted molar refractivity (Wildman–Crippen MR) is 135 cm³/mol. The Labute approximate surface area is 203 Å². The molecule has 0 radical (unpaired) electrons. The van der Waals surface area contributed by atoms with Gasteiger partial charge < -0.3 is 14.5 Å². The van der Waals surface area contributed by atoms with Gasteiger partial charge in [0, 0.05) is 31.7 Å². The number of anilines is 1. The van der Waals surface area contributed by atoms with Crippen molar-refractivity contribution < 1.29 is 9.53 Å². The van der Waals surface area contributed by atoms with Gasteiger partial charge in [0.05, 0.1) is 10.7 Å². The zero-order chi connectivity index (χ0) is 23.5. The minimum Gasteiger partial charge on any atom is -0.482 e. The van der Waals surface area contributed by atoms with Crippen molar-refractivity contribution in [1.82, 2.24) is 15.1 Å². The zero-order valence-electron chi connectivity index (χ0n) is 18.9. The molecule has 0 aliphatic carbocycles. The molecule has 0 atom stereocenters. The number of aryl methyl sites for hydroxylation is 1. The molecule has 4 aromatic rings. The van der Waals surface area contributed by atoms with Gasteiger partial charge in [-0.25, -0.2) is 0 Å². The molecule has 1 aromatic heterocycles. The quantitative estimate of drug-likeness (QED) is 0.409. The van der Waals surface area contributed by atoms with E-state index in [0.717, 1.165) is 28.0 Å². The molecular weight excluding hydrogens is 448 g/mol. The molecule has 7 heteroatoms. The van der Waals surface area contributed by atoms with Crippen LogP contribution in [-0.2, 0) is 4.79 Å². The molecule has 6 nitrogen and oxygen atoms in total. The van der Waals surface area contributed by atoms with Gasteiger partial charge in [-0.3, -0.25) is 4.79 Å². The van der Waals surface area contributed by atoms with Crippen LogP contribution in [-0.4, -0.2) is 53.8 Å². The van der Waals surface area contributed by atoms with E-state index in [1.807, 2.05) is 54.3 Å². The predicted octanol–water partition coefficient (Wildman–Crippen LogP) is 4.99. The maximum atomic E-state index is 12.6. The molecule has 0 unspecified atom stereocenters. The molecule has 1 aliphatic heterocycles. The molecule has 0 N–H and O–H groups in total. The number of fused-ring (bicyclic) bond motifs is 1. The Bertz CT molecular complexity index is 1310. The number of amides is 1. The van der Waals surface area contributed by atoms with E-state index in [1.54, 1.807) is 6.07 Å². The van der Waals surface area contributed by atoms with Gasteiger partial charge in [0.2, 0.25) is 0 Å². The summed E-state index contributed by atoms with van der Waals surface area (Å²) in [5.41, 5.74) is 2.95. The summed E-state index contributed by atoms with van der Waals surface area (Å²) < 4.78 is 5.67. The third-order valence-corrected chi connectivity index (χ3v) is 6.42. The number of hydrogen-bond donors (Lipinski definition) is 0. The van der Waals surface area contributed by atoms with Gasteiger partial charge in [0.15, 0.2) is 12.4 Å². The highest BCUT2D eigenvalue weighted by Gasteiger charge is 2.23. The summed E-state index contributed by atoms with van der Waals surface area (Å²) in [4.78, 5) is 16.6. The fourth-order valence-corrected chi connectivity index (χ4v) is 4.40. The SMILES string of the molecule is Cc1ccc(Cl)c(OCC(=O)N2CCN(c3ccc(-c4cccc5ccccc45)nn3)CC2)c1. The fraction of sp³-hybridized carbons (Fsp3) is 0.222. The van der Waals surface area contributed by atoms with E-state index in [1.165, 1.54) is 5.39 Å². The third kappa shape index (κ3) is 4.68. The Hall–Kier alpha value is -3.64. The number of ether oxygens (including phenoxy) is 1. The number of halogens is 1. The van der Waals surface area contributed by atoms with Gasteiger partial charge in [0.1, 0.15) is 5.75 Å². The Balaban J connectivity index is 1.19. The highest BCUT2D eigenvalue weighted by Crippen LogP contribution is 2.28. The third-order valence-electron chi connectivity index (χ3n) is 6.11. The van der Waals surface area contributed by atoms with Crippen molar-refractivity contribution in [3.05, 3.63) is 83.4 Å². The highest BCUT2D eigenvalue weighted by atomic mass is 35.5. The molecule has 1 saturated heterocycles. The van der Waals surface area contributed by atoms with Crippen LogP contribution < -0.4 is 9.64 Å². The monoisotopic (exact) mass is 472 g/mol. The smallest absolute Gasteiger partial charge is 0.260 e. The Morgan fingerprint density at radius 1 is 0.941 bits per heavy atom. The number of benzene rings is 3. The lowest BCUT2D eigenvalue weighted by Gasteiger charge is -2.35. The molecular formula is C27H25ClN4O2. The minimum absolute atomic E-state index is 0.0251. The lowest BCUT2D eigenvalue weighted by Crippen LogP contribution is -2.50. The van der Waals surface area contributed by atoms with Gasteiger partial charge in [-0.05, 0) is 47.5 Å². The zero-order valence-corrected chi connectivity index (χ0v) is 19.7. The summed E-state index contributed by atoms with van der Waals surface area (Å²) in [5.74, 6) is 1.31. The van der Waals surface area contributed by atoms with Gasteiger partial charge in [-0.15, -0.1) is 10.2 Å². The van der Waals surface area contributed by atoms with E-state index < -0.39 is 0 Å². The first-order chi connectivity index (χ1) is 16.6. The first-order valence-electron chi connectivity index (χ1n) is 11.3. The summed E-state index contributed by atoms with van der Waals surface area (Å²) in [6.45, 7) is 4.54. The number of rotatable bonds is 5. The maximum absolute atomic E-state index is 12.6. The van der Waals surface area contributed by atoms with Gasteiger partial charge in [-0.1, -0.05) is 60.1 Å². The maximum Gasteiger partial charge on any atom is 0.260 e. The van der Waals surface area contributed by atoms with Crippen LogP contribution in [0.4, 0.5) is 5.82 Å². The molecule has 0 spiro atoms. The van der Waals surface area contributed by atoms with E-state index >= 15 is 0 Å². The summed E-state index contributed by atoms with van der Waals surface area (Å²) in [7, 11) is 0. The average Bonchev–Trinajstić information content (AvgIpc) is 2.89. The van der Waals surface area contributed by atoms with Crippen LogP contribution in [0.2, 0.25) is 5.02 Å². The molecule has 2 heterocycles. The number of carbonyl (C=O) groups is 1. The van der Waals surface area contributed by atoms with Crippen molar-refractivity contribution >= 4 is 34.1 Å². The number of piperazine rings is 1. The van der Waals surface area contributed by atoms with Gasteiger partial charge in [-0.2, -0.15) is 0 Å². The van der Waals surface area contributed by atoms with Gasteiger partial charge in [0.25, 0.3) is 5.91 Å². The number of aromatic nitrogens is 2. The summed E-state index contributed by atoms with van der Waals surface area (Å²) in [5, 5.41) is 11.8. The molecule has 3 aromatic carbocycles. The van der Waals surface area contributed by atoms with Crippen molar-refractivity contribution in [1.29, 1.82) is 0 Å². The number of nitrogens with zero attached hydrogens (tertiary/aromatic N) is 4. The second-order valence-corrected chi connectivity index (χ2v) is 8.80. The van der Waals surface area contributed by atoms with E-state index in [0.29, 0.717) is 37.0 Å². The van der Waals surface area contributed by atoms with Gasteiger partial charge >= 0.3 is 0 Å². The molecule has 1 aliphatic rings. The van der Waals surface area contributed by atoms with Crippen LogP contribution in [0.25, 0.3) is 22.0 Å². The van der Waals surface area contributed by atoms with Crippen molar-refractivity contribution in [3.63, 3.8) is 0 Å². The van der Waals surface area contributed by atoms with Crippen LogP contribution in [0.3, 0.4) is 0 Å². The molecule has 0 saturated carbocycles. The van der Waals surface area contributed by atoms with E-state index in [9.17, 15) is 4.79 Å². The second-order valence-electron chi connectivity index (χ2n) is 8.39. The van der Waals surface area contributed by atoms with Crippen molar-refractivity contribution in [2.75, 3.05) is 37.7 Å². The molecule has 1 amide bonds. The van der Waals surface area contributed by atoms with Crippen LogP contribution in [0.1, 0.15) is 5.56 Å². The van der Waals surface area contributed by atoms with Crippen LogP contribution in [0.5, 0.6) is 5.75 Å². The van der Waals surface area contributed by atoms with Crippen LogP contribution in [0.15, 0.2) is 72.8 Å². The fourth-order valence-electron chi connectivity index (χ4n) is 4.22. The molecule has 0 bridgehead atoms. The van der Waals surface area contributed by atoms with Crippen LogP contribution >= 0.6 is 11.6 Å².